The van der Waals surface area contributed by atoms with Crippen molar-refractivity contribution in [2.24, 2.45) is 0 Å². The zero-order valence-electron chi connectivity index (χ0n) is 11.8. The van der Waals surface area contributed by atoms with Gasteiger partial charge < -0.3 is 15.8 Å². The van der Waals surface area contributed by atoms with E-state index in [0.717, 1.165) is 32.5 Å². The molecule has 120 valence electrons. The molecule has 1 aliphatic rings. The van der Waals surface area contributed by atoms with E-state index in [9.17, 15) is 10.1 Å². The molecule has 3 heterocycles. The van der Waals surface area contributed by atoms with Crippen molar-refractivity contribution in [1.29, 1.82) is 0 Å². The van der Waals surface area contributed by atoms with E-state index in [-0.39, 0.29) is 24.3 Å². The van der Waals surface area contributed by atoms with Crippen molar-refractivity contribution < 1.29 is 4.92 Å². The number of nitrogens with two attached hydrogens (primary N) is 1. The number of aromatic nitrogens is 3. The first-order chi connectivity index (χ1) is 10.1. The Labute approximate surface area is 137 Å². The number of nitrogen functional groups attached to an aromatic ring is 1. The summed E-state index contributed by atoms with van der Waals surface area (Å²) >= 11 is 1.52. The minimum Gasteiger partial charge on any atom is -0.375 e. The van der Waals surface area contributed by atoms with E-state index >= 15 is 0 Å². The van der Waals surface area contributed by atoms with E-state index < -0.39 is 4.92 Å². The molecule has 10 heteroatoms. The molecule has 0 bridgehead atoms. The van der Waals surface area contributed by atoms with Gasteiger partial charge in [0.2, 0.25) is 0 Å². The average molecular weight is 345 g/mol. The van der Waals surface area contributed by atoms with Crippen molar-refractivity contribution in [2.75, 3.05) is 18.8 Å². The first kappa shape index (κ1) is 16.7. The number of piperidine rings is 1. The molecule has 0 aliphatic carbocycles. The number of anilines is 1. The normalized spacial score (nSPS) is 16.4. The fourth-order valence-electron chi connectivity index (χ4n) is 2.59. The third-order valence-corrected chi connectivity index (χ3v) is 4.47. The van der Waals surface area contributed by atoms with Crippen LogP contribution in [-0.4, -0.2) is 37.7 Å². The van der Waals surface area contributed by atoms with E-state index in [4.69, 9.17) is 5.73 Å². The molecule has 0 aromatic carbocycles. The number of hydrogen-bond acceptors (Lipinski definition) is 7. The minimum absolute atomic E-state index is 0. The lowest BCUT2D eigenvalue weighted by Gasteiger charge is -2.30. The Hall–Kier alpha value is -1.71. The summed E-state index contributed by atoms with van der Waals surface area (Å²) in [6, 6.07) is 1.69. The molecular formula is C12H17ClN6O2S. The molecule has 1 aliphatic heterocycles. The van der Waals surface area contributed by atoms with Crippen LogP contribution >= 0.6 is 23.7 Å². The van der Waals surface area contributed by atoms with Crippen LogP contribution < -0.4 is 5.73 Å². The van der Waals surface area contributed by atoms with Gasteiger partial charge in [0.1, 0.15) is 0 Å². The molecule has 0 atom stereocenters. The zero-order chi connectivity index (χ0) is 14.8. The molecular weight excluding hydrogens is 328 g/mol. The van der Waals surface area contributed by atoms with E-state index in [1.807, 2.05) is 6.20 Å². The lowest BCUT2D eigenvalue weighted by atomic mass is 10.1. The highest BCUT2D eigenvalue weighted by Crippen LogP contribution is 2.25. The fourth-order valence-corrected chi connectivity index (χ4v) is 3.31. The number of nitro groups is 1. The maximum atomic E-state index is 10.7. The van der Waals surface area contributed by atoms with Gasteiger partial charge >= 0.3 is 5.82 Å². The molecule has 22 heavy (non-hydrogen) atoms. The van der Waals surface area contributed by atoms with Crippen LogP contribution in [-0.2, 0) is 6.54 Å². The number of rotatable bonds is 4. The molecule has 0 spiro atoms. The minimum atomic E-state index is -0.459. The van der Waals surface area contributed by atoms with Crippen LogP contribution in [0.2, 0.25) is 0 Å². The molecule has 8 nitrogen and oxygen atoms in total. The maximum Gasteiger partial charge on any atom is 0.389 e. The van der Waals surface area contributed by atoms with Gasteiger partial charge in [0, 0.05) is 30.7 Å². The highest BCUT2D eigenvalue weighted by atomic mass is 35.5. The molecule has 1 fully saturated rings. The SMILES string of the molecule is Cl.Nc1ncc(CN2CCC(n3ccc([N+](=O)[O-])n3)CC2)s1. The molecule has 2 aromatic rings. The van der Waals surface area contributed by atoms with Crippen LogP contribution in [0.3, 0.4) is 0 Å². The van der Waals surface area contributed by atoms with Gasteiger partial charge in [0.15, 0.2) is 5.13 Å². The quantitative estimate of drug-likeness (QED) is 0.672. The third kappa shape index (κ3) is 3.73. The van der Waals surface area contributed by atoms with Gasteiger partial charge in [-0.15, -0.1) is 23.7 Å². The first-order valence-electron chi connectivity index (χ1n) is 6.74. The first-order valence-corrected chi connectivity index (χ1v) is 7.55. The van der Waals surface area contributed by atoms with Crippen LogP contribution in [0.1, 0.15) is 23.8 Å². The third-order valence-electron chi connectivity index (χ3n) is 3.66. The van der Waals surface area contributed by atoms with Crippen LogP contribution in [0.4, 0.5) is 10.9 Å². The van der Waals surface area contributed by atoms with Gasteiger partial charge in [0.25, 0.3) is 0 Å². The number of nitrogens with zero attached hydrogens (tertiary/aromatic N) is 5. The maximum absolute atomic E-state index is 10.7. The Bertz CT molecular complexity index is 637. The monoisotopic (exact) mass is 344 g/mol. The fraction of sp³-hybridized carbons (Fsp3) is 0.500. The highest BCUT2D eigenvalue weighted by Gasteiger charge is 2.24. The van der Waals surface area contributed by atoms with Gasteiger partial charge in [0.05, 0.1) is 23.4 Å². The van der Waals surface area contributed by atoms with E-state index in [2.05, 4.69) is 15.0 Å². The summed E-state index contributed by atoms with van der Waals surface area (Å²) in [5, 5.41) is 15.3. The highest BCUT2D eigenvalue weighted by molar-refractivity contribution is 7.15. The number of hydrogen-bond donors (Lipinski definition) is 1. The lowest BCUT2D eigenvalue weighted by Crippen LogP contribution is -2.34. The van der Waals surface area contributed by atoms with Crippen molar-refractivity contribution in [3.8, 4) is 0 Å². The van der Waals surface area contributed by atoms with Crippen LogP contribution in [0.15, 0.2) is 18.5 Å². The Kier molecular flexibility index (Phi) is 5.33. The van der Waals surface area contributed by atoms with Gasteiger partial charge in [-0.05, 0) is 17.8 Å². The van der Waals surface area contributed by atoms with Crippen molar-refractivity contribution in [3.63, 3.8) is 0 Å². The molecule has 0 radical (unpaired) electrons. The Morgan fingerprint density at radius 3 is 2.73 bits per heavy atom. The predicted octanol–water partition coefficient (Wildman–Crippen LogP) is 2.09. The lowest BCUT2D eigenvalue weighted by molar-refractivity contribution is -0.389. The summed E-state index contributed by atoms with van der Waals surface area (Å²) in [5.41, 5.74) is 5.63. The second kappa shape index (κ2) is 7.03. The van der Waals surface area contributed by atoms with Crippen LogP contribution in [0.5, 0.6) is 0 Å². The van der Waals surface area contributed by atoms with Crippen LogP contribution in [0, 0.1) is 10.1 Å². The second-order valence-electron chi connectivity index (χ2n) is 5.08. The number of likely N-dealkylation sites (tertiary alicyclic amines) is 1. The zero-order valence-corrected chi connectivity index (χ0v) is 13.4. The van der Waals surface area contributed by atoms with Crippen molar-refractivity contribution in [3.05, 3.63) is 33.5 Å². The smallest absolute Gasteiger partial charge is 0.375 e. The second-order valence-corrected chi connectivity index (χ2v) is 6.23. The van der Waals surface area contributed by atoms with Crippen LogP contribution in [0.25, 0.3) is 0 Å². The molecule has 3 rings (SSSR count). The van der Waals surface area contributed by atoms with Crippen molar-refractivity contribution in [1.82, 2.24) is 19.7 Å². The summed E-state index contributed by atoms with van der Waals surface area (Å²) < 4.78 is 1.72. The topological polar surface area (TPSA) is 103 Å². The average Bonchev–Trinajstić information content (AvgIpc) is 3.09. The van der Waals surface area contributed by atoms with E-state index in [0.29, 0.717) is 5.13 Å². The molecule has 2 N–H and O–H groups in total. The number of halogens is 1. The standard InChI is InChI=1S/C12H16N6O2S.ClH/c13-12-14-7-10(21-12)8-16-4-1-9(2-5-16)17-6-3-11(15-17)18(19)20;/h3,6-7,9H,1-2,4-5,8H2,(H2,13,14);1H. The Balaban J connectivity index is 0.00000176. The Morgan fingerprint density at radius 2 is 2.18 bits per heavy atom. The molecule has 1 saturated heterocycles. The van der Waals surface area contributed by atoms with E-state index in [1.54, 1.807) is 10.9 Å². The summed E-state index contributed by atoms with van der Waals surface area (Å²) in [5.74, 6) is -0.0856. The Morgan fingerprint density at radius 1 is 1.45 bits per heavy atom. The summed E-state index contributed by atoms with van der Waals surface area (Å²) in [7, 11) is 0. The molecule has 0 unspecified atom stereocenters. The van der Waals surface area contributed by atoms with Gasteiger partial charge in [-0.1, -0.05) is 0 Å². The molecule has 0 saturated carbocycles. The van der Waals surface area contributed by atoms with Crippen molar-refractivity contribution >= 4 is 34.7 Å². The largest absolute Gasteiger partial charge is 0.389 e. The molecule has 0 amide bonds. The van der Waals surface area contributed by atoms with E-state index in [1.165, 1.54) is 22.3 Å². The van der Waals surface area contributed by atoms with Crippen molar-refractivity contribution in [2.45, 2.75) is 25.4 Å². The van der Waals surface area contributed by atoms with Gasteiger partial charge in [-0.2, -0.15) is 4.68 Å². The number of thiazole rings is 1. The summed E-state index contributed by atoms with van der Waals surface area (Å²) in [6.45, 7) is 2.74. The summed E-state index contributed by atoms with van der Waals surface area (Å²) in [4.78, 5) is 17.8. The van der Waals surface area contributed by atoms with Gasteiger partial charge in [-0.3, -0.25) is 4.90 Å². The summed E-state index contributed by atoms with van der Waals surface area (Å²) in [6.07, 6.45) is 5.39. The predicted molar refractivity (Wildman–Crippen MR) is 86.2 cm³/mol. The molecule has 2 aromatic heterocycles. The van der Waals surface area contributed by atoms with Gasteiger partial charge in [-0.25, -0.2) is 4.98 Å².